The number of amides is 1. The van der Waals surface area contributed by atoms with Gasteiger partial charge in [0.15, 0.2) is 11.0 Å². The first-order valence-corrected chi connectivity index (χ1v) is 10.8. The Kier molecular flexibility index (Phi) is 7.09. The molecule has 5 nitrogen and oxygen atoms in total. The molecule has 0 radical (unpaired) electrons. The SMILES string of the molecule is Cc1ccccc1-c1nnc(S[C@@H](C)C(=O)N[C@H](C)CCc2ccccc2)n1C. The van der Waals surface area contributed by atoms with Gasteiger partial charge >= 0.3 is 0 Å². The molecule has 0 aliphatic rings. The third-order valence-electron chi connectivity index (χ3n) is 4.97. The molecule has 0 unspecified atom stereocenters. The standard InChI is InChI=1S/C23H28N4OS/c1-16-10-8-9-13-20(16)21-25-26-23(27(21)4)29-18(3)22(28)24-17(2)14-15-19-11-6-5-7-12-19/h5-13,17-18H,14-15H2,1-4H3,(H,24,28)/t17-,18+/m1/s1. The maximum Gasteiger partial charge on any atom is 0.233 e. The average molecular weight is 409 g/mol. The van der Waals surface area contributed by atoms with Gasteiger partial charge in [-0.15, -0.1) is 10.2 Å². The number of carbonyl (C=O) groups is 1. The van der Waals surface area contributed by atoms with Crippen molar-refractivity contribution in [1.82, 2.24) is 20.1 Å². The highest BCUT2D eigenvalue weighted by atomic mass is 32.2. The van der Waals surface area contributed by atoms with Gasteiger partial charge in [0, 0.05) is 18.7 Å². The second-order valence-electron chi connectivity index (χ2n) is 7.37. The predicted octanol–water partition coefficient (Wildman–Crippen LogP) is 4.41. The number of aromatic nitrogens is 3. The first-order valence-electron chi connectivity index (χ1n) is 9.92. The normalized spacial score (nSPS) is 13.1. The number of hydrogen-bond donors (Lipinski definition) is 1. The van der Waals surface area contributed by atoms with Gasteiger partial charge in [-0.25, -0.2) is 0 Å². The molecule has 1 heterocycles. The number of aryl methyl sites for hydroxylation is 2. The molecule has 152 valence electrons. The second kappa shape index (κ2) is 9.74. The zero-order chi connectivity index (χ0) is 20.8. The minimum Gasteiger partial charge on any atom is -0.353 e. The van der Waals surface area contributed by atoms with E-state index in [1.807, 2.05) is 54.9 Å². The van der Waals surface area contributed by atoms with E-state index in [9.17, 15) is 4.79 Å². The Labute approximate surface area is 176 Å². The van der Waals surface area contributed by atoms with E-state index >= 15 is 0 Å². The Morgan fingerprint density at radius 2 is 1.76 bits per heavy atom. The maximum absolute atomic E-state index is 12.6. The molecule has 6 heteroatoms. The van der Waals surface area contributed by atoms with Crippen molar-refractivity contribution in [3.05, 3.63) is 65.7 Å². The molecule has 0 aliphatic heterocycles. The van der Waals surface area contributed by atoms with Gasteiger partial charge in [0.05, 0.1) is 5.25 Å². The molecular weight excluding hydrogens is 380 g/mol. The van der Waals surface area contributed by atoms with Crippen LogP contribution in [0.2, 0.25) is 0 Å². The van der Waals surface area contributed by atoms with Crippen LogP contribution in [-0.2, 0) is 18.3 Å². The summed E-state index contributed by atoms with van der Waals surface area (Å²) in [5.74, 6) is 0.838. The molecule has 3 rings (SSSR count). The van der Waals surface area contributed by atoms with E-state index in [2.05, 4.69) is 47.6 Å². The molecule has 29 heavy (non-hydrogen) atoms. The molecule has 1 aromatic heterocycles. The second-order valence-corrected chi connectivity index (χ2v) is 8.68. The van der Waals surface area contributed by atoms with E-state index in [1.165, 1.54) is 17.3 Å². The van der Waals surface area contributed by atoms with Crippen LogP contribution in [0.4, 0.5) is 0 Å². The lowest BCUT2D eigenvalue weighted by molar-refractivity contribution is -0.120. The highest BCUT2D eigenvalue weighted by Gasteiger charge is 2.21. The molecule has 0 fully saturated rings. The number of rotatable bonds is 8. The number of benzene rings is 2. The number of thioether (sulfide) groups is 1. The van der Waals surface area contributed by atoms with E-state index < -0.39 is 0 Å². The van der Waals surface area contributed by atoms with Gasteiger partial charge in [-0.05, 0) is 44.7 Å². The Bertz CT molecular complexity index is 955. The largest absolute Gasteiger partial charge is 0.353 e. The number of carbonyl (C=O) groups excluding carboxylic acids is 1. The van der Waals surface area contributed by atoms with Crippen molar-refractivity contribution in [3.63, 3.8) is 0 Å². The summed E-state index contributed by atoms with van der Waals surface area (Å²) in [5.41, 5.74) is 3.50. The van der Waals surface area contributed by atoms with Crippen LogP contribution in [0, 0.1) is 6.92 Å². The van der Waals surface area contributed by atoms with Crippen LogP contribution >= 0.6 is 11.8 Å². The van der Waals surface area contributed by atoms with Crippen molar-refractivity contribution in [1.29, 1.82) is 0 Å². The zero-order valence-corrected chi connectivity index (χ0v) is 18.2. The van der Waals surface area contributed by atoms with E-state index in [-0.39, 0.29) is 17.2 Å². The number of nitrogens with zero attached hydrogens (tertiary/aromatic N) is 3. The molecule has 0 bridgehead atoms. The maximum atomic E-state index is 12.6. The zero-order valence-electron chi connectivity index (χ0n) is 17.4. The summed E-state index contributed by atoms with van der Waals surface area (Å²) in [6.45, 7) is 6.02. The topological polar surface area (TPSA) is 59.8 Å². The van der Waals surface area contributed by atoms with Crippen molar-refractivity contribution < 1.29 is 4.79 Å². The fraction of sp³-hybridized carbons (Fsp3) is 0.348. The van der Waals surface area contributed by atoms with Gasteiger partial charge in [0.2, 0.25) is 5.91 Å². The van der Waals surface area contributed by atoms with Crippen LogP contribution in [0.25, 0.3) is 11.4 Å². The van der Waals surface area contributed by atoms with Crippen LogP contribution in [0.3, 0.4) is 0 Å². The quantitative estimate of drug-likeness (QED) is 0.561. The smallest absolute Gasteiger partial charge is 0.233 e. The Balaban J connectivity index is 1.56. The Hall–Kier alpha value is -2.60. The third kappa shape index (κ3) is 5.48. The summed E-state index contributed by atoms with van der Waals surface area (Å²) in [7, 11) is 1.94. The summed E-state index contributed by atoms with van der Waals surface area (Å²) in [6.07, 6.45) is 1.86. The third-order valence-corrected chi connectivity index (χ3v) is 6.10. The van der Waals surface area contributed by atoms with Gasteiger partial charge < -0.3 is 9.88 Å². The molecule has 0 saturated heterocycles. The minimum absolute atomic E-state index is 0.0241. The summed E-state index contributed by atoms with van der Waals surface area (Å²) >= 11 is 1.43. The highest BCUT2D eigenvalue weighted by Crippen LogP contribution is 2.27. The first-order chi connectivity index (χ1) is 14.0. The monoisotopic (exact) mass is 408 g/mol. The number of nitrogens with one attached hydrogen (secondary N) is 1. The van der Waals surface area contributed by atoms with Crippen molar-refractivity contribution in [2.24, 2.45) is 7.05 Å². The van der Waals surface area contributed by atoms with Gasteiger partial charge in [-0.2, -0.15) is 0 Å². The Morgan fingerprint density at radius 1 is 1.07 bits per heavy atom. The van der Waals surface area contributed by atoms with Crippen molar-refractivity contribution in [2.75, 3.05) is 0 Å². The highest BCUT2D eigenvalue weighted by molar-refractivity contribution is 8.00. The van der Waals surface area contributed by atoms with Crippen LogP contribution < -0.4 is 5.32 Å². The van der Waals surface area contributed by atoms with Crippen LogP contribution in [0.1, 0.15) is 31.4 Å². The summed E-state index contributed by atoms with van der Waals surface area (Å²) in [6, 6.07) is 18.6. The lowest BCUT2D eigenvalue weighted by Crippen LogP contribution is -2.38. The van der Waals surface area contributed by atoms with E-state index in [4.69, 9.17) is 0 Å². The lowest BCUT2D eigenvalue weighted by Gasteiger charge is -2.17. The summed E-state index contributed by atoms with van der Waals surface area (Å²) < 4.78 is 1.95. The van der Waals surface area contributed by atoms with Crippen LogP contribution in [0.15, 0.2) is 59.8 Å². The van der Waals surface area contributed by atoms with Gasteiger partial charge in [0.25, 0.3) is 0 Å². The molecule has 1 amide bonds. The molecule has 0 spiro atoms. The molecule has 0 aliphatic carbocycles. The molecule has 3 aromatic rings. The van der Waals surface area contributed by atoms with Gasteiger partial charge in [-0.1, -0.05) is 66.4 Å². The Morgan fingerprint density at radius 3 is 2.48 bits per heavy atom. The molecule has 1 N–H and O–H groups in total. The van der Waals surface area contributed by atoms with Gasteiger partial charge in [-0.3, -0.25) is 4.79 Å². The van der Waals surface area contributed by atoms with Crippen molar-refractivity contribution in [3.8, 4) is 11.4 Å². The van der Waals surface area contributed by atoms with E-state index in [0.29, 0.717) is 0 Å². The van der Waals surface area contributed by atoms with E-state index in [0.717, 1.165) is 34.9 Å². The van der Waals surface area contributed by atoms with Gasteiger partial charge in [0.1, 0.15) is 0 Å². The van der Waals surface area contributed by atoms with E-state index in [1.54, 1.807) is 0 Å². The van der Waals surface area contributed by atoms with Crippen molar-refractivity contribution >= 4 is 17.7 Å². The molecule has 0 saturated carbocycles. The molecular formula is C23H28N4OS. The molecule has 2 atom stereocenters. The van der Waals surface area contributed by atoms with Crippen molar-refractivity contribution in [2.45, 2.75) is 50.1 Å². The first kappa shape index (κ1) is 21.1. The average Bonchev–Trinajstić information content (AvgIpc) is 3.07. The lowest BCUT2D eigenvalue weighted by atomic mass is 10.1. The molecule has 2 aromatic carbocycles. The summed E-state index contributed by atoms with van der Waals surface area (Å²) in [4.78, 5) is 12.6. The summed E-state index contributed by atoms with van der Waals surface area (Å²) in [5, 5.41) is 12.3. The minimum atomic E-state index is -0.248. The number of hydrogen-bond acceptors (Lipinski definition) is 4. The fourth-order valence-corrected chi connectivity index (χ4v) is 3.97. The van der Waals surface area contributed by atoms with Crippen LogP contribution in [-0.4, -0.2) is 32.0 Å². The fourth-order valence-electron chi connectivity index (χ4n) is 3.15. The predicted molar refractivity (Wildman–Crippen MR) is 119 cm³/mol. The van der Waals surface area contributed by atoms with Crippen LogP contribution in [0.5, 0.6) is 0 Å².